The Hall–Kier alpha value is -1.25. The summed E-state index contributed by atoms with van der Waals surface area (Å²) in [6.45, 7) is 6.61. The van der Waals surface area contributed by atoms with Gasteiger partial charge in [0.05, 0.1) is 0 Å². The standard InChI is InChI=1S/C27H47FO2/c1-4-7-10-13-16-19-22-23(20-17-14-11-8-5-2)25(28)27(30)26(29)24(22)21-18-15-12-9-6-3/h29-30H,4-21H2,1-3H3. The van der Waals surface area contributed by atoms with E-state index >= 15 is 0 Å². The second-order valence-electron chi connectivity index (χ2n) is 8.94. The molecule has 30 heavy (non-hydrogen) atoms. The number of hydrogen-bond donors (Lipinski definition) is 2. The third-order valence-electron chi connectivity index (χ3n) is 6.30. The lowest BCUT2D eigenvalue weighted by Crippen LogP contribution is -2.06. The Morgan fingerprint density at radius 3 is 1.27 bits per heavy atom. The second-order valence-corrected chi connectivity index (χ2v) is 8.94. The third kappa shape index (κ3) is 9.27. The van der Waals surface area contributed by atoms with Gasteiger partial charge in [-0.1, -0.05) is 97.8 Å². The number of benzene rings is 1. The summed E-state index contributed by atoms with van der Waals surface area (Å²) in [6.07, 6.45) is 19.4. The van der Waals surface area contributed by atoms with Crippen LogP contribution in [0, 0.1) is 5.82 Å². The average molecular weight is 423 g/mol. The number of aromatic hydroxyl groups is 2. The Morgan fingerprint density at radius 1 is 0.467 bits per heavy atom. The maximum Gasteiger partial charge on any atom is 0.194 e. The number of hydrogen-bond acceptors (Lipinski definition) is 2. The highest BCUT2D eigenvalue weighted by Crippen LogP contribution is 2.40. The van der Waals surface area contributed by atoms with Gasteiger partial charge in [0.25, 0.3) is 0 Å². The van der Waals surface area contributed by atoms with Gasteiger partial charge < -0.3 is 10.2 Å². The van der Waals surface area contributed by atoms with Gasteiger partial charge in [-0.25, -0.2) is 4.39 Å². The Morgan fingerprint density at radius 2 is 0.833 bits per heavy atom. The number of unbranched alkanes of at least 4 members (excludes halogenated alkanes) is 12. The summed E-state index contributed by atoms with van der Waals surface area (Å²) in [4.78, 5) is 0. The van der Waals surface area contributed by atoms with Crippen LogP contribution < -0.4 is 0 Å². The van der Waals surface area contributed by atoms with E-state index in [9.17, 15) is 14.6 Å². The zero-order valence-electron chi connectivity index (χ0n) is 20.0. The smallest absolute Gasteiger partial charge is 0.194 e. The molecule has 1 aromatic rings. The largest absolute Gasteiger partial charge is 0.504 e. The highest BCUT2D eigenvalue weighted by atomic mass is 19.1. The fourth-order valence-corrected chi connectivity index (χ4v) is 4.40. The summed E-state index contributed by atoms with van der Waals surface area (Å²) in [6, 6.07) is 0. The van der Waals surface area contributed by atoms with Crippen LogP contribution in [-0.2, 0) is 19.3 Å². The lowest BCUT2D eigenvalue weighted by molar-refractivity contribution is 0.370. The molecular formula is C27H47FO2. The molecular weight excluding hydrogens is 375 g/mol. The van der Waals surface area contributed by atoms with Crippen LogP contribution in [0.25, 0.3) is 0 Å². The van der Waals surface area contributed by atoms with E-state index < -0.39 is 11.6 Å². The molecule has 2 N–H and O–H groups in total. The summed E-state index contributed by atoms with van der Waals surface area (Å²) < 4.78 is 15.0. The first-order valence-electron chi connectivity index (χ1n) is 12.8. The number of halogens is 1. The molecule has 1 aromatic carbocycles. The topological polar surface area (TPSA) is 40.5 Å². The molecule has 0 aliphatic heterocycles. The minimum atomic E-state index is -0.582. The average Bonchev–Trinajstić information content (AvgIpc) is 2.75. The quantitative estimate of drug-likeness (QED) is 0.183. The van der Waals surface area contributed by atoms with E-state index in [1.54, 1.807) is 0 Å². The second kappa shape index (κ2) is 16.4. The Balaban J connectivity index is 2.98. The molecule has 0 spiro atoms. The predicted octanol–water partition coefficient (Wildman–Crippen LogP) is 8.78. The van der Waals surface area contributed by atoms with Crippen molar-refractivity contribution in [3.8, 4) is 11.5 Å². The van der Waals surface area contributed by atoms with Crippen LogP contribution in [0.4, 0.5) is 4.39 Å². The van der Waals surface area contributed by atoms with E-state index in [0.29, 0.717) is 12.0 Å². The summed E-state index contributed by atoms with van der Waals surface area (Å²) in [5, 5.41) is 20.9. The number of rotatable bonds is 18. The van der Waals surface area contributed by atoms with Gasteiger partial charge >= 0.3 is 0 Å². The lowest BCUT2D eigenvalue weighted by Gasteiger charge is -2.19. The van der Waals surface area contributed by atoms with Crippen LogP contribution >= 0.6 is 0 Å². The van der Waals surface area contributed by atoms with Crippen LogP contribution in [0.1, 0.15) is 134 Å². The molecule has 0 radical (unpaired) electrons. The van der Waals surface area contributed by atoms with Crippen LogP contribution in [0.3, 0.4) is 0 Å². The van der Waals surface area contributed by atoms with Crippen molar-refractivity contribution in [1.29, 1.82) is 0 Å². The molecule has 0 unspecified atom stereocenters. The zero-order chi connectivity index (χ0) is 22.2. The minimum absolute atomic E-state index is 0.207. The molecule has 0 saturated heterocycles. The van der Waals surface area contributed by atoms with Crippen LogP contribution in [-0.4, -0.2) is 10.2 Å². The van der Waals surface area contributed by atoms with Gasteiger partial charge in [-0.15, -0.1) is 0 Å². The van der Waals surface area contributed by atoms with Crippen molar-refractivity contribution in [2.45, 2.75) is 136 Å². The van der Waals surface area contributed by atoms with E-state index in [4.69, 9.17) is 0 Å². The molecule has 2 nitrogen and oxygen atoms in total. The van der Waals surface area contributed by atoms with Crippen LogP contribution in [0.5, 0.6) is 11.5 Å². The van der Waals surface area contributed by atoms with Gasteiger partial charge in [0, 0.05) is 5.56 Å². The Bertz CT molecular complexity index is 542. The van der Waals surface area contributed by atoms with Crippen LogP contribution in [0.2, 0.25) is 0 Å². The molecule has 0 saturated carbocycles. The molecule has 0 atom stereocenters. The molecule has 1 rings (SSSR count). The van der Waals surface area contributed by atoms with Crippen molar-refractivity contribution in [1.82, 2.24) is 0 Å². The SMILES string of the molecule is CCCCCCCc1c(O)c(O)c(F)c(CCCCCCC)c1CCCCCCC. The Kier molecular flexibility index (Phi) is 14.7. The highest BCUT2D eigenvalue weighted by molar-refractivity contribution is 5.54. The first kappa shape index (κ1) is 26.8. The minimum Gasteiger partial charge on any atom is -0.504 e. The first-order valence-corrected chi connectivity index (χ1v) is 12.8. The maximum absolute atomic E-state index is 15.0. The fourth-order valence-electron chi connectivity index (χ4n) is 4.40. The molecule has 0 bridgehead atoms. The van der Waals surface area contributed by atoms with Crippen molar-refractivity contribution in [3.63, 3.8) is 0 Å². The molecule has 0 heterocycles. The Labute approximate surface area is 185 Å². The first-order chi connectivity index (χ1) is 14.6. The predicted molar refractivity (Wildman–Crippen MR) is 127 cm³/mol. The van der Waals surface area contributed by atoms with E-state index in [0.717, 1.165) is 62.5 Å². The van der Waals surface area contributed by atoms with E-state index in [2.05, 4.69) is 20.8 Å². The van der Waals surface area contributed by atoms with Gasteiger partial charge in [0.1, 0.15) is 0 Å². The fraction of sp³-hybridized carbons (Fsp3) is 0.778. The molecule has 0 amide bonds. The molecule has 3 heteroatoms. The summed E-state index contributed by atoms with van der Waals surface area (Å²) in [5.74, 6) is -1.32. The van der Waals surface area contributed by atoms with E-state index in [1.165, 1.54) is 57.8 Å². The summed E-state index contributed by atoms with van der Waals surface area (Å²) >= 11 is 0. The van der Waals surface area contributed by atoms with E-state index in [-0.39, 0.29) is 5.75 Å². The van der Waals surface area contributed by atoms with Crippen molar-refractivity contribution < 1.29 is 14.6 Å². The maximum atomic E-state index is 15.0. The highest BCUT2D eigenvalue weighted by Gasteiger charge is 2.23. The van der Waals surface area contributed by atoms with Gasteiger partial charge in [-0.3, -0.25) is 0 Å². The number of phenols is 2. The third-order valence-corrected chi connectivity index (χ3v) is 6.30. The van der Waals surface area contributed by atoms with Crippen LogP contribution in [0.15, 0.2) is 0 Å². The number of phenolic OH excluding ortho intramolecular Hbond substituents is 2. The van der Waals surface area contributed by atoms with Gasteiger partial charge in [-0.2, -0.15) is 0 Å². The lowest BCUT2D eigenvalue weighted by atomic mass is 9.88. The molecule has 0 aliphatic rings. The van der Waals surface area contributed by atoms with Gasteiger partial charge in [0.15, 0.2) is 17.3 Å². The zero-order valence-corrected chi connectivity index (χ0v) is 20.0. The van der Waals surface area contributed by atoms with Crippen molar-refractivity contribution in [3.05, 3.63) is 22.5 Å². The monoisotopic (exact) mass is 422 g/mol. The van der Waals surface area contributed by atoms with Gasteiger partial charge in [0.2, 0.25) is 0 Å². The molecule has 0 fully saturated rings. The normalized spacial score (nSPS) is 11.3. The molecule has 0 aliphatic carbocycles. The van der Waals surface area contributed by atoms with Crippen molar-refractivity contribution >= 4 is 0 Å². The van der Waals surface area contributed by atoms with Crippen molar-refractivity contribution in [2.24, 2.45) is 0 Å². The summed E-state index contributed by atoms with van der Waals surface area (Å²) in [7, 11) is 0. The van der Waals surface area contributed by atoms with E-state index in [1.807, 2.05) is 0 Å². The van der Waals surface area contributed by atoms with Gasteiger partial charge in [-0.05, 0) is 49.7 Å². The summed E-state index contributed by atoms with van der Waals surface area (Å²) in [5.41, 5.74) is 2.47. The molecule has 0 aromatic heterocycles. The molecule has 174 valence electrons. The van der Waals surface area contributed by atoms with Crippen molar-refractivity contribution in [2.75, 3.05) is 0 Å².